The van der Waals surface area contributed by atoms with E-state index in [4.69, 9.17) is 10.5 Å². The average molecular weight is 269 g/mol. The van der Waals surface area contributed by atoms with Gasteiger partial charge < -0.3 is 19.8 Å². The van der Waals surface area contributed by atoms with Crippen LogP contribution in [0.4, 0.5) is 5.82 Å². The Labute approximate surface area is 111 Å². The first-order valence-electron chi connectivity index (χ1n) is 6.09. The van der Waals surface area contributed by atoms with Crippen molar-refractivity contribution in [3.63, 3.8) is 0 Å². The van der Waals surface area contributed by atoms with Gasteiger partial charge in [-0.3, -0.25) is 0 Å². The van der Waals surface area contributed by atoms with Gasteiger partial charge in [-0.25, -0.2) is 14.6 Å². The van der Waals surface area contributed by atoms with Gasteiger partial charge in [-0.2, -0.15) is 0 Å². The van der Waals surface area contributed by atoms with E-state index in [1.54, 1.807) is 13.8 Å². The topological polar surface area (TPSA) is 96.4 Å². The van der Waals surface area contributed by atoms with Gasteiger partial charge in [0.05, 0.1) is 13.7 Å². The Kier molecular flexibility index (Phi) is 4.91. The largest absolute Gasteiger partial charge is 0.467 e. The second-order valence-corrected chi connectivity index (χ2v) is 3.91. The molecule has 7 nitrogen and oxygen atoms in total. The van der Waals surface area contributed by atoms with Gasteiger partial charge >= 0.3 is 11.9 Å². The number of nitrogens with two attached hydrogens (primary N) is 1. The molecular formula is C12H19N3O4. The lowest BCUT2D eigenvalue weighted by Gasteiger charge is -2.15. The van der Waals surface area contributed by atoms with Gasteiger partial charge in [0.25, 0.3) is 0 Å². The highest BCUT2D eigenvalue weighted by atomic mass is 16.5. The number of carbonyl (C=O) groups excluding carboxylic acids is 2. The monoisotopic (exact) mass is 269 g/mol. The van der Waals surface area contributed by atoms with Gasteiger partial charge in [0.1, 0.15) is 17.7 Å². The minimum absolute atomic E-state index is 0.0365. The molecular weight excluding hydrogens is 250 g/mol. The molecule has 1 aromatic heterocycles. The number of aryl methyl sites for hydroxylation is 1. The van der Waals surface area contributed by atoms with Gasteiger partial charge in [-0.15, -0.1) is 0 Å². The molecule has 1 atom stereocenters. The van der Waals surface area contributed by atoms with Crippen LogP contribution in [0.2, 0.25) is 0 Å². The molecule has 0 aliphatic heterocycles. The molecule has 0 spiro atoms. The number of hydrogen-bond donors (Lipinski definition) is 1. The fraction of sp³-hybridized carbons (Fsp3) is 0.583. The van der Waals surface area contributed by atoms with E-state index in [1.165, 1.54) is 11.7 Å². The summed E-state index contributed by atoms with van der Waals surface area (Å²) in [4.78, 5) is 27.4. The summed E-state index contributed by atoms with van der Waals surface area (Å²) in [5.41, 5.74) is 5.93. The number of anilines is 1. The highest BCUT2D eigenvalue weighted by molar-refractivity contribution is 5.92. The average Bonchev–Trinajstić information content (AvgIpc) is 2.74. The number of ether oxygens (including phenoxy) is 2. The van der Waals surface area contributed by atoms with E-state index in [-0.39, 0.29) is 18.1 Å². The van der Waals surface area contributed by atoms with E-state index in [0.717, 1.165) is 0 Å². The summed E-state index contributed by atoms with van der Waals surface area (Å²) >= 11 is 0. The molecule has 0 aromatic carbocycles. The second kappa shape index (κ2) is 6.21. The maximum atomic E-state index is 11.7. The van der Waals surface area contributed by atoms with Crippen molar-refractivity contribution in [1.82, 2.24) is 9.55 Å². The zero-order chi connectivity index (χ0) is 14.6. The minimum Gasteiger partial charge on any atom is -0.467 e. The number of methoxy groups -OCH3 is 1. The second-order valence-electron chi connectivity index (χ2n) is 3.91. The van der Waals surface area contributed by atoms with Crippen LogP contribution >= 0.6 is 0 Å². The zero-order valence-corrected chi connectivity index (χ0v) is 11.6. The number of nitrogen functional groups attached to an aromatic ring is 1. The van der Waals surface area contributed by atoms with E-state index in [1.807, 2.05) is 6.92 Å². The highest BCUT2D eigenvalue weighted by Gasteiger charge is 2.26. The van der Waals surface area contributed by atoms with Crippen LogP contribution in [0.3, 0.4) is 0 Å². The molecule has 0 amide bonds. The van der Waals surface area contributed by atoms with E-state index < -0.39 is 18.0 Å². The molecule has 0 aliphatic carbocycles. The van der Waals surface area contributed by atoms with Crippen LogP contribution in [0.25, 0.3) is 0 Å². The van der Waals surface area contributed by atoms with Gasteiger partial charge in [-0.05, 0) is 13.8 Å². The lowest BCUT2D eigenvalue weighted by atomic mass is 10.3. The minimum atomic E-state index is -0.643. The summed E-state index contributed by atoms with van der Waals surface area (Å²) in [6.07, 6.45) is 0.533. The number of hydrogen-bond acceptors (Lipinski definition) is 6. The van der Waals surface area contributed by atoms with Crippen LogP contribution in [-0.4, -0.2) is 35.2 Å². The van der Waals surface area contributed by atoms with Crippen molar-refractivity contribution in [2.75, 3.05) is 19.5 Å². The Bertz CT molecular complexity index is 482. The molecule has 1 rings (SSSR count). The first-order chi connectivity index (χ1) is 8.97. The summed E-state index contributed by atoms with van der Waals surface area (Å²) in [7, 11) is 1.30. The van der Waals surface area contributed by atoms with Gasteiger partial charge in [0, 0.05) is 6.42 Å². The van der Waals surface area contributed by atoms with Crippen LogP contribution in [0, 0.1) is 0 Å². The third-order valence-electron chi connectivity index (χ3n) is 2.74. The molecule has 1 unspecified atom stereocenters. The Balaban J connectivity index is 3.24. The summed E-state index contributed by atoms with van der Waals surface area (Å²) in [5.74, 6) is -0.383. The summed E-state index contributed by atoms with van der Waals surface area (Å²) in [5, 5.41) is 0. The predicted molar refractivity (Wildman–Crippen MR) is 68.7 cm³/mol. The Morgan fingerprint density at radius 1 is 1.42 bits per heavy atom. The van der Waals surface area contributed by atoms with Crippen LogP contribution in [-0.2, 0) is 20.7 Å². The van der Waals surface area contributed by atoms with Crippen molar-refractivity contribution in [2.45, 2.75) is 33.2 Å². The zero-order valence-electron chi connectivity index (χ0n) is 11.6. The Morgan fingerprint density at radius 3 is 2.53 bits per heavy atom. The number of esters is 2. The van der Waals surface area contributed by atoms with Gasteiger partial charge in [-0.1, -0.05) is 6.92 Å². The van der Waals surface area contributed by atoms with Crippen LogP contribution in [0.15, 0.2) is 0 Å². The fourth-order valence-corrected chi connectivity index (χ4v) is 1.80. The molecule has 1 aromatic rings. The van der Waals surface area contributed by atoms with Crippen LogP contribution in [0.5, 0.6) is 0 Å². The molecule has 1 heterocycles. The predicted octanol–water partition coefficient (Wildman–Crippen LogP) is 0.938. The lowest BCUT2D eigenvalue weighted by molar-refractivity contribution is -0.144. The van der Waals surface area contributed by atoms with Crippen LogP contribution in [0.1, 0.15) is 43.1 Å². The quantitative estimate of drug-likeness (QED) is 0.799. The number of rotatable bonds is 5. The summed E-state index contributed by atoms with van der Waals surface area (Å²) in [6, 6.07) is -0.643. The third kappa shape index (κ3) is 2.86. The van der Waals surface area contributed by atoms with Crippen LogP contribution < -0.4 is 5.73 Å². The third-order valence-corrected chi connectivity index (χ3v) is 2.74. The standard InChI is InChI=1S/C12H19N3O4/c1-5-8-14-9(12(17)19-6-2)10(13)15(8)7(3)11(16)18-4/h7H,5-6,13H2,1-4H3. The van der Waals surface area contributed by atoms with Crippen molar-refractivity contribution in [1.29, 1.82) is 0 Å². The Morgan fingerprint density at radius 2 is 2.05 bits per heavy atom. The van der Waals surface area contributed by atoms with E-state index in [2.05, 4.69) is 9.72 Å². The van der Waals surface area contributed by atoms with Gasteiger partial charge in [0.15, 0.2) is 5.69 Å². The number of carbonyl (C=O) groups is 2. The van der Waals surface area contributed by atoms with E-state index >= 15 is 0 Å². The fourth-order valence-electron chi connectivity index (χ4n) is 1.80. The van der Waals surface area contributed by atoms with E-state index in [9.17, 15) is 9.59 Å². The number of imidazole rings is 1. The molecule has 0 aliphatic rings. The highest BCUT2D eigenvalue weighted by Crippen LogP contribution is 2.22. The first-order valence-corrected chi connectivity index (χ1v) is 6.09. The maximum Gasteiger partial charge on any atom is 0.360 e. The van der Waals surface area contributed by atoms with Crippen molar-refractivity contribution < 1.29 is 19.1 Å². The smallest absolute Gasteiger partial charge is 0.360 e. The summed E-state index contributed by atoms with van der Waals surface area (Å²) in [6.45, 7) is 5.43. The number of nitrogens with zero attached hydrogens (tertiary/aromatic N) is 2. The van der Waals surface area contributed by atoms with Crippen molar-refractivity contribution in [2.24, 2.45) is 0 Å². The molecule has 0 saturated heterocycles. The molecule has 0 fully saturated rings. The molecule has 0 bridgehead atoms. The molecule has 0 saturated carbocycles. The summed E-state index contributed by atoms with van der Waals surface area (Å²) < 4.78 is 11.1. The number of aromatic nitrogens is 2. The molecule has 2 N–H and O–H groups in total. The van der Waals surface area contributed by atoms with Crippen molar-refractivity contribution in [3.8, 4) is 0 Å². The Hall–Kier alpha value is -2.05. The SMILES string of the molecule is CCOC(=O)c1nc(CC)n(C(C)C(=O)OC)c1N. The molecule has 106 valence electrons. The molecule has 7 heteroatoms. The van der Waals surface area contributed by atoms with Gasteiger partial charge in [0.2, 0.25) is 0 Å². The lowest BCUT2D eigenvalue weighted by Crippen LogP contribution is -2.21. The molecule has 0 radical (unpaired) electrons. The van der Waals surface area contributed by atoms with Crippen molar-refractivity contribution >= 4 is 17.8 Å². The van der Waals surface area contributed by atoms with E-state index in [0.29, 0.717) is 12.2 Å². The maximum absolute atomic E-state index is 11.7. The van der Waals surface area contributed by atoms with Crippen molar-refractivity contribution in [3.05, 3.63) is 11.5 Å². The normalized spacial score (nSPS) is 12.0. The molecule has 19 heavy (non-hydrogen) atoms. The first kappa shape index (κ1) is 15.0.